The maximum absolute atomic E-state index is 13.5. The molecular formula is C24H30N6O3S. The number of ether oxygens (including phenoxy) is 1. The van der Waals surface area contributed by atoms with Gasteiger partial charge in [0.15, 0.2) is 5.13 Å². The number of urea groups is 1. The van der Waals surface area contributed by atoms with Crippen LogP contribution < -0.4 is 15.5 Å². The molecule has 2 aromatic rings. The highest BCUT2D eigenvalue weighted by atomic mass is 32.1. The normalized spacial score (nSPS) is 20.9. The Labute approximate surface area is 202 Å². The Morgan fingerprint density at radius 2 is 1.97 bits per heavy atom. The van der Waals surface area contributed by atoms with E-state index in [1.165, 1.54) is 24.2 Å². The summed E-state index contributed by atoms with van der Waals surface area (Å²) in [6.45, 7) is 7.40. The minimum absolute atomic E-state index is 0.0927. The molecule has 1 atom stereocenters. The molecular weight excluding hydrogens is 452 g/mol. The highest BCUT2D eigenvalue weighted by Crippen LogP contribution is 2.42. The molecule has 2 saturated carbocycles. The van der Waals surface area contributed by atoms with Crippen LogP contribution in [0.15, 0.2) is 6.07 Å². The number of thiazole rings is 1. The van der Waals surface area contributed by atoms with Crippen molar-refractivity contribution in [3.8, 4) is 10.6 Å². The standard InChI is InChI=1S/C24H30N6O3S/c1-13-20(34-24(25-13)28-23(32)26-17-5-6-17)18-11-16-12-30(14(2)15-3-4-15)22(31)19(16)21(27-18)29-7-9-33-10-8-29/h11,14-15,17H,3-10,12H2,1-2H3,(H2,25,26,28,32)/t14-/m0/s1. The van der Waals surface area contributed by atoms with Crippen LogP contribution in [-0.4, -0.2) is 65.2 Å². The lowest BCUT2D eigenvalue weighted by atomic mass is 10.1. The monoisotopic (exact) mass is 482 g/mol. The average Bonchev–Trinajstić information content (AvgIpc) is 3.76. The third-order valence-electron chi connectivity index (χ3n) is 7.17. The molecule has 34 heavy (non-hydrogen) atoms. The molecule has 3 amide bonds. The number of amides is 3. The van der Waals surface area contributed by atoms with Crippen LogP contribution in [0.3, 0.4) is 0 Å². The number of nitrogens with one attached hydrogen (secondary N) is 2. The van der Waals surface area contributed by atoms with Crippen molar-refractivity contribution in [3.63, 3.8) is 0 Å². The van der Waals surface area contributed by atoms with E-state index in [4.69, 9.17) is 9.72 Å². The van der Waals surface area contributed by atoms with Crippen molar-refractivity contribution in [2.45, 2.75) is 58.2 Å². The number of nitrogens with zero attached hydrogens (tertiary/aromatic N) is 4. The number of aromatic nitrogens is 2. The summed E-state index contributed by atoms with van der Waals surface area (Å²) in [7, 11) is 0. The fourth-order valence-electron chi connectivity index (χ4n) is 4.86. The molecule has 2 N–H and O–H groups in total. The second-order valence-corrected chi connectivity index (χ2v) is 10.8. The van der Waals surface area contributed by atoms with Gasteiger partial charge in [0.25, 0.3) is 5.91 Å². The van der Waals surface area contributed by atoms with Crippen LogP contribution in [0.1, 0.15) is 54.2 Å². The first-order chi connectivity index (χ1) is 16.5. The molecule has 180 valence electrons. The summed E-state index contributed by atoms with van der Waals surface area (Å²) in [6.07, 6.45) is 4.47. The minimum atomic E-state index is -0.214. The summed E-state index contributed by atoms with van der Waals surface area (Å²) < 4.78 is 5.55. The van der Waals surface area contributed by atoms with Gasteiger partial charge in [-0.15, -0.1) is 0 Å². The molecule has 4 aliphatic rings. The third-order valence-corrected chi connectivity index (χ3v) is 8.26. The van der Waals surface area contributed by atoms with Gasteiger partial charge in [0.1, 0.15) is 5.82 Å². The van der Waals surface area contributed by atoms with Gasteiger partial charge >= 0.3 is 6.03 Å². The van der Waals surface area contributed by atoms with Crippen molar-refractivity contribution in [2.24, 2.45) is 5.92 Å². The Balaban J connectivity index is 1.34. The Morgan fingerprint density at radius 3 is 2.68 bits per heavy atom. The lowest BCUT2D eigenvalue weighted by Gasteiger charge is -2.29. The Hall–Kier alpha value is -2.72. The molecule has 0 radical (unpaired) electrons. The molecule has 4 heterocycles. The van der Waals surface area contributed by atoms with Crippen molar-refractivity contribution in [1.29, 1.82) is 0 Å². The number of anilines is 2. The quantitative estimate of drug-likeness (QED) is 0.655. The molecule has 6 rings (SSSR count). The summed E-state index contributed by atoms with van der Waals surface area (Å²) in [5.41, 5.74) is 3.39. The molecule has 3 fully saturated rings. The van der Waals surface area contributed by atoms with Crippen LogP contribution in [0.25, 0.3) is 10.6 Å². The van der Waals surface area contributed by atoms with Gasteiger partial charge in [-0.3, -0.25) is 10.1 Å². The van der Waals surface area contributed by atoms with E-state index in [1.54, 1.807) is 0 Å². The molecule has 0 spiro atoms. The second-order valence-electron chi connectivity index (χ2n) is 9.78. The number of carbonyl (C=O) groups excluding carboxylic acids is 2. The summed E-state index contributed by atoms with van der Waals surface area (Å²) in [4.78, 5) is 40.4. The van der Waals surface area contributed by atoms with Crippen LogP contribution in [0.2, 0.25) is 0 Å². The van der Waals surface area contributed by atoms with Crippen LogP contribution in [-0.2, 0) is 11.3 Å². The Morgan fingerprint density at radius 1 is 1.21 bits per heavy atom. The zero-order valence-electron chi connectivity index (χ0n) is 19.6. The molecule has 2 aliphatic heterocycles. The van der Waals surface area contributed by atoms with E-state index in [-0.39, 0.29) is 24.0 Å². The van der Waals surface area contributed by atoms with E-state index in [2.05, 4.69) is 27.4 Å². The van der Waals surface area contributed by atoms with Crippen LogP contribution >= 0.6 is 11.3 Å². The van der Waals surface area contributed by atoms with Crippen molar-refractivity contribution < 1.29 is 14.3 Å². The van der Waals surface area contributed by atoms with E-state index in [1.807, 2.05) is 17.9 Å². The van der Waals surface area contributed by atoms with E-state index < -0.39 is 0 Å². The minimum Gasteiger partial charge on any atom is -0.378 e. The number of hydrogen-bond donors (Lipinski definition) is 2. The highest BCUT2D eigenvalue weighted by molar-refractivity contribution is 7.19. The first-order valence-corrected chi connectivity index (χ1v) is 13.0. The molecule has 10 heteroatoms. The van der Waals surface area contributed by atoms with Crippen molar-refractivity contribution >= 4 is 34.2 Å². The Kier molecular flexibility index (Phi) is 5.44. The zero-order valence-corrected chi connectivity index (χ0v) is 20.4. The average molecular weight is 483 g/mol. The summed E-state index contributed by atoms with van der Waals surface area (Å²) >= 11 is 1.42. The second kappa shape index (κ2) is 8.49. The van der Waals surface area contributed by atoms with Gasteiger partial charge in [-0.1, -0.05) is 11.3 Å². The Bertz CT molecular complexity index is 1140. The maximum atomic E-state index is 13.5. The van der Waals surface area contributed by atoms with Gasteiger partial charge < -0.3 is 19.9 Å². The number of morpholine rings is 1. The molecule has 0 aromatic carbocycles. The number of carbonyl (C=O) groups is 2. The first-order valence-electron chi connectivity index (χ1n) is 12.2. The number of aryl methyl sites for hydroxylation is 1. The predicted octanol–water partition coefficient (Wildman–Crippen LogP) is 3.39. The van der Waals surface area contributed by atoms with Crippen molar-refractivity contribution in [2.75, 3.05) is 36.5 Å². The fourth-order valence-corrected chi connectivity index (χ4v) is 5.78. The zero-order chi connectivity index (χ0) is 23.4. The molecule has 1 saturated heterocycles. The predicted molar refractivity (Wildman–Crippen MR) is 130 cm³/mol. The number of fused-ring (bicyclic) bond motifs is 1. The van der Waals surface area contributed by atoms with Crippen LogP contribution in [0.4, 0.5) is 15.7 Å². The van der Waals surface area contributed by atoms with Crippen molar-refractivity contribution in [1.82, 2.24) is 20.2 Å². The molecule has 2 aliphatic carbocycles. The topological polar surface area (TPSA) is 99.7 Å². The van der Waals surface area contributed by atoms with Crippen LogP contribution in [0.5, 0.6) is 0 Å². The lowest BCUT2D eigenvalue weighted by Crippen LogP contribution is -2.39. The van der Waals surface area contributed by atoms with E-state index >= 15 is 0 Å². The lowest BCUT2D eigenvalue weighted by molar-refractivity contribution is 0.0697. The summed E-state index contributed by atoms with van der Waals surface area (Å²) in [6, 6.07) is 2.36. The van der Waals surface area contributed by atoms with Gasteiger partial charge in [0, 0.05) is 31.7 Å². The number of hydrogen-bond acceptors (Lipinski definition) is 7. The van der Waals surface area contributed by atoms with E-state index in [9.17, 15) is 9.59 Å². The van der Waals surface area contributed by atoms with Crippen LogP contribution in [0, 0.1) is 12.8 Å². The van der Waals surface area contributed by atoms with E-state index in [0.717, 1.165) is 46.1 Å². The van der Waals surface area contributed by atoms with Gasteiger partial charge in [-0.25, -0.2) is 14.8 Å². The molecule has 0 bridgehead atoms. The summed E-state index contributed by atoms with van der Waals surface area (Å²) in [5, 5.41) is 6.35. The number of pyridine rings is 1. The maximum Gasteiger partial charge on any atom is 0.321 e. The van der Waals surface area contributed by atoms with E-state index in [0.29, 0.717) is 43.9 Å². The fraction of sp³-hybridized carbons (Fsp3) is 0.583. The van der Waals surface area contributed by atoms with Gasteiger partial charge in [0.05, 0.1) is 35.0 Å². The SMILES string of the molecule is Cc1nc(NC(=O)NC2CC2)sc1-c1cc2c(c(N3CCOCC3)n1)C(=O)N([C@@H](C)C1CC1)C2. The highest BCUT2D eigenvalue weighted by Gasteiger charge is 2.41. The number of rotatable bonds is 6. The smallest absolute Gasteiger partial charge is 0.321 e. The largest absolute Gasteiger partial charge is 0.378 e. The molecule has 0 unspecified atom stereocenters. The van der Waals surface area contributed by atoms with Crippen molar-refractivity contribution in [3.05, 3.63) is 22.9 Å². The molecule has 9 nitrogen and oxygen atoms in total. The van der Waals surface area contributed by atoms with Gasteiger partial charge in [-0.05, 0) is 57.1 Å². The third kappa shape index (κ3) is 4.13. The summed E-state index contributed by atoms with van der Waals surface area (Å²) in [5.74, 6) is 1.45. The van der Waals surface area contributed by atoms with Gasteiger partial charge in [0.2, 0.25) is 0 Å². The first kappa shape index (κ1) is 21.8. The van der Waals surface area contributed by atoms with Gasteiger partial charge in [-0.2, -0.15) is 0 Å². The molecule has 2 aromatic heterocycles.